The van der Waals surface area contributed by atoms with Crippen LogP contribution in [0.1, 0.15) is 50.2 Å². The fourth-order valence-electron chi connectivity index (χ4n) is 4.30. The highest BCUT2D eigenvalue weighted by molar-refractivity contribution is 5.86. The molecule has 2 N–H and O–H groups in total. The summed E-state index contributed by atoms with van der Waals surface area (Å²) in [7, 11) is 1.51. The van der Waals surface area contributed by atoms with Crippen LogP contribution in [0.25, 0.3) is 0 Å². The molecule has 4 atom stereocenters. The molecule has 1 saturated heterocycles. The zero-order chi connectivity index (χ0) is 25.6. The summed E-state index contributed by atoms with van der Waals surface area (Å²) in [4.78, 5) is 40.4. The Balaban J connectivity index is 2.19. The molecule has 1 aliphatic heterocycles. The van der Waals surface area contributed by atoms with E-state index in [1.807, 2.05) is 30.3 Å². The van der Waals surface area contributed by atoms with Crippen molar-refractivity contribution in [2.24, 2.45) is 5.92 Å². The lowest BCUT2D eigenvalue weighted by atomic mass is 9.97. The number of allylic oxidation sites excluding steroid dienone is 2. The largest absolute Gasteiger partial charge is 0.455 e. The van der Waals surface area contributed by atoms with Crippen molar-refractivity contribution in [2.75, 3.05) is 26.9 Å². The van der Waals surface area contributed by atoms with Gasteiger partial charge in [0.1, 0.15) is 6.10 Å². The average molecular weight is 487 g/mol. The van der Waals surface area contributed by atoms with Crippen LogP contribution in [-0.2, 0) is 23.9 Å². The molecule has 8 nitrogen and oxygen atoms in total. The van der Waals surface area contributed by atoms with Crippen LogP contribution in [-0.4, -0.2) is 66.7 Å². The number of carbonyl (C=O) groups excluding carboxylic acids is 3. The topological polar surface area (TPSA) is 105 Å². The fourth-order valence-corrected chi connectivity index (χ4v) is 4.30. The number of aliphatic hydroxyl groups excluding tert-OH is 1. The van der Waals surface area contributed by atoms with Gasteiger partial charge in [-0.15, -0.1) is 13.2 Å². The molecule has 0 saturated carbocycles. The molecule has 2 amide bonds. The Kier molecular flexibility index (Phi) is 12.2. The number of hydrogen-bond donors (Lipinski definition) is 2. The summed E-state index contributed by atoms with van der Waals surface area (Å²) in [6.45, 7) is 7.97. The minimum Gasteiger partial charge on any atom is -0.455 e. The van der Waals surface area contributed by atoms with Gasteiger partial charge < -0.3 is 24.8 Å². The van der Waals surface area contributed by atoms with Crippen LogP contribution in [0.4, 0.5) is 0 Å². The molecule has 1 aromatic carbocycles. The van der Waals surface area contributed by atoms with Gasteiger partial charge >= 0.3 is 5.97 Å². The number of nitrogens with zero attached hydrogens (tertiary/aromatic N) is 1. The second kappa shape index (κ2) is 15.1. The summed E-state index contributed by atoms with van der Waals surface area (Å²) in [6, 6.07) is 8.31. The monoisotopic (exact) mass is 486 g/mol. The summed E-state index contributed by atoms with van der Waals surface area (Å²) in [6.07, 6.45) is 5.05. The summed E-state index contributed by atoms with van der Waals surface area (Å²) in [5, 5.41) is 12.5. The number of aliphatic hydroxyl groups is 1. The quantitative estimate of drug-likeness (QED) is 0.292. The van der Waals surface area contributed by atoms with E-state index in [-0.39, 0.29) is 43.9 Å². The van der Waals surface area contributed by atoms with Crippen molar-refractivity contribution in [1.29, 1.82) is 0 Å². The van der Waals surface area contributed by atoms with Gasteiger partial charge in [-0.05, 0) is 31.2 Å². The SMILES string of the molecule is C=CCCC(=O)O[C@@H](c1ccccc1)[C@H](COC)NC(=O)[C@H](CC=C)CC(=O)N1CCC[C@H]1CO. The molecule has 0 aliphatic carbocycles. The fraction of sp³-hybridized carbons (Fsp3) is 0.519. The smallest absolute Gasteiger partial charge is 0.306 e. The molecule has 1 fully saturated rings. The maximum atomic E-state index is 13.3. The zero-order valence-corrected chi connectivity index (χ0v) is 20.6. The van der Waals surface area contributed by atoms with Gasteiger partial charge in [-0.2, -0.15) is 0 Å². The molecule has 0 radical (unpaired) electrons. The highest BCUT2D eigenvalue weighted by atomic mass is 16.5. The van der Waals surface area contributed by atoms with E-state index in [4.69, 9.17) is 9.47 Å². The number of methoxy groups -OCH3 is 1. The van der Waals surface area contributed by atoms with Crippen molar-refractivity contribution in [3.05, 3.63) is 61.2 Å². The second-order valence-electron chi connectivity index (χ2n) is 8.71. The van der Waals surface area contributed by atoms with E-state index >= 15 is 0 Å². The predicted octanol–water partition coefficient (Wildman–Crippen LogP) is 2.93. The van der Waals surface area contributed by atoms with Crippen LogP contribution in [0.15, 0.2) is 55.6 Å². The van der Waals surface area contributed by atoms with E-state index in [1.54, 1.807) is 17.1 Å². The van der Waals surface area contributed by atoms with Crippen LogP contribution >= 0.6 is 0 Å². The number of nitrogens with one attached hydrogen (secondary N) is 1. The Morgan fingerprint density at radius 2 is 1.97 bits per heavy atom. The molecule has 0 bridgehead atoms. The number of hydrogen-bond acceptors (Lipinski definition) is 6. The third-order valence-corrected chi connectivity index (χ3v) is 6.13. The van der Waals surface area contributed by atoms with Crippen LogP contribution in [0.5, 0.6) is 0 Å². The molecule has 0 unspecified atom stereocenters. The molecule has 8 heteroatoms. The number of likely N-dealkylation sites (tertiary alicyclic amines) is 1. The molecule has 1 aliphatic rings. The van der Waals surface area contributed by atoms with Crippen molar-refractivity contribution < 1.29 is 29.0 Å². The maximum absolute atomic E-state index is 13.3. The first-order valence-corrected chi connectivity index (χ1v) is 12.1. The van der Waals surface area contributed by atoms with E-state index in [0.29, 0.717) is 19.4 Å². The Hall–Kier alpha value is -2.97. The minimum atomic E-state index is -0.769. The van der Waals surface area contributed by atoms with E-state index in [9.17, 15) is 19.5 Å². The number of rotatable bonds is 15. The standard InChI is InChI=1S/C27H38N2O6/c1-4-6-15-25(32)35-26(20-12-8-7-9-13-20)23(19-34-3)28-27(33)21(11-5-2)17-24(31)29-16-10-14-22(29)18-30/h4-5,7-9,12-13,21-23,26,30H,1-2,6,10-11,14-19H2,3H3,(H,28,33)/t21-,22+,23+,26+/m1/s1. The lowest BCUT2D eigenvalue weighted by molar-refractivity contribution is -0.153. The summed E-state index contributed by atoms with van der Waals surface area (Å²) < 4.78 is 11.1. The van der Waals surface area contributed by atoms with Gasteiger partial charge in [-0.1, -0.05) is 42.5 Å². The molecule has 1 heterocycles. The summed E-state index contributed by atoms with van der Waals surface area (Å²) in [5.41, 5.74) is 0.723. The first-order valence-electron chi connectivity index (χ1n) is 12.1. The summed E-state index contributed by atoms with van der Waals surface area (Å²) in [5.74, 6) is -1.56. The van der Waals surface area contributed by atoms with Gasteiger partial charge in [-0.3, -0.25) is 14.4 Å². The number of amides is 2. The van der Waals surface area contributed by atoms with E-state index in [0.717, 1.165) is 18.4 Å². The van der Waals surface area contributed by atoms with Crippen molar-refractivity contribution in [3.8, 4) is 0 Å². The van der Waals surface area contributed by atoms with Gasteiger partial charge in [0.05, 0.1) is 31.2 Å². The first-order chi connectivity index (χ1) is 16.9. The maximum Gasteiger partial charge on any atom is 0.306 e. The van der Waals surface area contributed by atoms with E-state index in [1.165, 1.54) is 7.11 Å². The molecule has 0 spiro atoms. The van der Waals surface area contributed by atoms with Gasteiger partial charge in [0.15, 0.2) is 0 Å². The first kappa shape index (κ1) is 28.3. The molecule has 35 heavy (non-hydrogen) atoms. The predicted molar refractivity (Wildman–Crippen MR) is 133 cm³/mol. The second-order valence-corrected chi connectivity index (χ2v) is 8.71. The van der Waals surface area contributed by atoms with Gasteiger partial charge in [-0.25, -0.2) is 0 Å². The highest BCUT2D eigenvalue weighted by Gasteiger charge is 2.34. The van der Waals surface area contributed by atoms with Crippen molar-refractivity contribution in [3.63, 3.8) is 0 Å². The number of carbonyl (C=O) groups is 3. The third-order valence-electron chi connectivity index (χ3n) is 6.13. The average Bonchev–Trinajstić information content (AvgIpc) is 3.35. The molecular weight excluding hydrogens is 448 g/mol. The highest BCUT2D eigenvalue weighted by Crippen LogP contribution is 2.25. The van der Waals surface area contributed by atoms with Crippen LogP contribution in [0, 0.1) is 5.92 Å². The minimum absolute atomic E-state index is 0.00316. The Bertz CT molecular complexity index is 843. The summed E-state index contributed by atoms with van der Waals surface area (Å²) >= 11 is 0. The van der Waals surface area contributed by atoms with Crippen LogP contribution in [0.2, 0.25) is 0 Å². The number of esters is 1. The van der Waals surface area contributed by atoms with E-state index < -0.39 is 24.0 Å². The van der Waals surface area contributed by atoms with Crippen molar-refractivity contribution in [2.45, 2.75) is 56.7 Å². The van der Waals surface area contributed by atoms with E-state index in [2.05, 4.69) is 18.5 Å². The van der Waals surface area contributed by atoms with Gasteiger partial charge in [0, 0.05) is 26.5 Å². The van der Waals surface area contributed by atoms with Crippen LogP contribution in [0.3, 0.4) is 0 Å². The lowest BCUT2D eigenvalue weighted by Gasteiger charge is -2.30. The normalized spacial score (nSPS) is 17.8. The third kappa shape index (κ3) is 8.64. The molecule has 192 valence electrons. The van der Waals surface area contributed by atoms with Crippen molar-refractivity contribution >= 4 is 17.8 Å². The Morgan fingerprint density at radius 3 is 2.60 bits per heavy atom. The molecule has 0 aromatic heterocycles. The Labute approximate surface area is 208 Å². The molecule has 2 rings (SSSR count). The number of ether oxygens (including phenoxy) is 2. The lowest BCUT2D eigenvalue weighted by Crippen LogP contribution is -2.47. The zero-order valence-electron chi connectivity index (χ0n) is 20.6. The molecular formula is C27H38N2O6. The number of benzene rings is 1. The van der Waals surface area contributed by atoms with Crippen molar-refractivity contribution in [1.82, 2.24) is 10.2 Å². The van der Waals surface area contributed by atoms with Gasteiger partial charge in [0.25, 0.3) is 0 Å². The van der Waals surface area contributed by atoms with Crippen LogP contribution < -0.4 is 5.32 Å². The Morgan fingerprint density at radius 1 is 1.23 bits per heavy atom. The molecule has 1 aromatic rings. The van der Waals surface area contributed by atoms with Gasteiger partial charge in [0.2, 0.25) is 11.8 Å².